The van der Waals surface area contributed by atoms with Gasteiger partial charge in [-0.25, -0.2) is 8.42 Å². The van der Waals surface area contributed by atoms with Crippen LogP contribution in [0.3, 0.4) is 0 Å². The van der Waals surface area contributed by atoms with Crippen molar-refractivity contribution >= 4 is 33.4 Å². The lowest BCUT2D eigenvalue weighted by Crippen LogP contribution is -2.41. The topological polar surface area (TPSA) is 75.7 Å². The molecule has 0 bridgehead atoms. The highest BCUT2D eigenvalue weighted by Crippen LogP contribution is 2.25. The van der Waals surface area contributed by atoms with Crippen LogP contribution >= 0.6 is 11.8 Å². The Kier molecular flexibility index (Phi) is 9.63. The summed E-state index contributed by atoms with van der Waals surface area (Å²) in [6, 6.07) is 21.6. The second kappa shape index (κ2) is 12.7. The lowest BCUT2D eigenvalue weighted by Gasteiger charge is -2.24. The normalized spacial score (nSPS) is 11.2. The Morgan fingerprint density at radius 1 is 0.971 bits per heavy atom. The molecule has 6 nitrogen and oxygen atoms in total. The van der Waals surface area contributed by atoms with Crippen molar-refractivity contribution in [3.05, 3.63) is 89.5 Å². The third-order valence-electron chi connectivity index (χ3n) is 5.56. The summed E-state index contributed by atoms with van der Waals surface area (Å²) in [4.78, 5) is 12.8. The van der Waals surface area contributed by atoms with Gasteiger partial charge < -0.3 is 10.1 Å². The number of methoxy groups -OCH3 is 1. The first-order chi connectivity index (χ1) is 16.8. The number of hydrogen-bond donors (Lipinski definition) is 1. The summed E-state index contributed by atoms with van der Waals surface area (Å²) >= 11 is 1.82. The molecule has 8 heteroatoms. The molecule has 3 rings (SSSR count). The molecular weight excluding hydrogens is 480 g/mol. The van der Waals surface area contributed by atoms with Crippen molar-refractivity contribution in [2.45, 2.75) is 30.9 Å². The van der Waals surface area contributed by atoms with E-state index in [2.05, 4.69) is 24.4 Å². The van der Waals surface area contributed by atoms with Gasteiger partial charge >= 0.3 is 0 Å². The predicted octanol–water partition coefficient (Wildman–Crippen LogP) is 4.95. The van der Waals surface area contributed by atoms with Gasteiger partial charge in [0.1, 0.15) is 12.3 Å². The number of hydrogen-bond acceptors (Lipinski definition) is 5. The van der Waals surface area contributed by atoms with E-state index in [9.17, 15) is 13.2 Å². The Balaban J connectivity index is 1.60. The first kappa shape index (κ1) is 26.6. The highest BCUT2D eigenvalue weighted by atomic mass is 32.2. The van der Waals surface area contributed by atoms with Crippen LogP contribution in [0.2, 0.25) is 0 Å². The number of nitrogens with one attached hydrogen (secondary N) is 1. The monoisotopic (exact) mass is 512 g/mol. The van der Waals surface area contributed by atoms with Gasteiger partial charge in [-0.3, -0.25) is 9.10 Å². The minimum Gasteiger partial charge on any atom is -0.497 e. The fourth-order valence-corrected chi connectivity index (χ4v) is 5.90. The number of thioether (sulfide) groups is 1. The predicted molar refractivity (Wildman–Crippen MR) is 144 cm³/mol. The van der Waals surface area contributed by atoms with Gasteiger partial charge in [0, 0.05) is 12.3 Å². The van der Waals surface area contributed by atoms with Crippen molar-refractivity contribution in [3.63, 3.8) is 0 Å². The largest absolute Gasteiger partial charge is 0.497 e. The van der Waals surface area contributed by atoms with Crippen molar-refractivity contribution in [2.24, 2.45) is 0 Å². The van der Waals surface area contributed by atoms with E-state index >= 15 is 0 Å². The molecule has 0 aliphatic carbocycles. The second-order valence-electron chi connectivity index (χ2n) is 8.21. The number of amides is 1. The number of ether oxygens (including phenoxy) is 1. The SMILES string of the molecule is COc1ccc(S(=O)(=O)N(CC(=O)NCCCSCc2ccccc2C)c2ccc(C)cc2)cc1. The number of sulfonamides is 1. The van der Waals surface area contributed by atoms with Gasteiger partial charge in [0.25, 0.3) is 10.0 Å². The Morgan fingerprint density at radius 2 is 1.66 bits per heavy atom. The molecule has 0 radical (unpaired) electrons. The Morgan fingerprint density at radius 3 is 2.31 bits per heavy atom. The molecular formula is C27H32N2O4S2. The van der Waals surface area contributed by atoms with Gasteiger partial charge in [0.15, 0.2) is 0 Å². The van der Waals surface area contributed by atoms with Gasteiger partial charge in [-0.05, 0) is 73.5 Å². The average molecular weight is 513 g/mol. The Bertz CT molecular complexity index is 1210. The van der Waals surface area contributed by atoms with Gasteiger partial charge in [0.05, 0.1) is 17.7 Å². The number of rotatable bonds is 12. The molecule has 0 unspecified atom stereocenters. The van der Waals surface area contributed by atoms with E-state index in [1.807, 2.05) is 43.0 Å². The average Bonchev–Trinajstić information content (AvgIpc) is 2.86. The fraction of sp³-hybridized carbons (Fsp3) is 0.296. The van der Waals surface area contributed by atoms with E-state index in [0.717, 1.165) is 27.8 Å². The van der Waals surface area contributed by atoms with E-state index in [1.54, 1.807) is 24.3 Å². The minimum absolute atomic E-state index is 0.0966. The first-order valence-corrected chi connectivity index (χ1v) is 14.0. The quantitative estimate of drug-likeness (QED) is 0.348. The smallest absolute Gasteiger partial charge is 0.264 e. The lowest BCUT2D eigenvalue weighted by atomic mass is 10.1. The van der Waals surface area contributed by atoms with Crippen LogP contribution in [0.5, 0.6) is 5.75 Å². The molecule has 0 spiro atoms. The van der Waals surface area contributed by atoms with E-state index in [0.29, 0.717) is 18.0 Å². The lowest BCUT2D eigenvalue weighted by molar-refractivity contribution is -0.119. The standard InChI is InChI=1S/C27H32N2O4S2/c1-21-9-11-24(12-10-21)29(35(31,32)26-15-13-25(33-3)14-16-26)19-27(30)28-17-6-18-34-20-23-8-5-4-7-22(23)2/h4-5,7-16H,6,17-20H2,1-3H3,(H,28,30). The third-order valence-corrected chi connectivity index (χ3v) is 8.44. The molecule has 186 valence electrons. The summed E-state index contributed by atoms with van der Waals surface area (Å²) in [6.45, 7) is 4.23. The van der Waals surface area contributed by atoms with E-state index in [4.69, 9.17) is 4.74 Å². The zero-order chi connectivity index (χ0) is 25.3. The molecule has 0 aromatic heterocycles. The highest BCUT2D eigenvalue weighted by molar-refractivity contribution is 7.98. The summed E-state index contributed by atoms with van der Waals surface area (Å²) in [5, 5.41) is 2.87. The van der Waals surface area contributed by atoms with Crippen LogP contribution in [0.1, 0.15) is 23.1 Å². The maximum Gasteiger partial charge on any atom is 0.264 e. The summed E-state index contributed by atoms with van der Waals surface area (Å²) in [5.41, 5.74) is 4.04. The van der Waals surface area contributed by atoms with E-state index in [-0.39, 0.29) is 17.3 Å². The first-order valence-electron chi connectivity index (χ1n) is 11.4. The zero-order valence-corrected chi connectivity index (χ0v) is 22.0. The van der Waals surface area contributed by atoms with Crippen molar-refractivity contribution in [1.29, 1.82) is 0 Å². The van der Waals surface area contributed by atoms with E-state index in [1.165, 1.54) is 30.4 Å². The molecule has 0 heterocycles. The molecule has 0 saturated carbocycles. The summed E-state index contributed by atoms with van der Waals surface area (Å²) in [7, 11) is -2.43. The van der Waals surface area contributed by atoms with Crippen LogP contribution in [-0.4, -0.2) is 40.3 Å². The highest BCUT2D eigenvalue weighted by Gasteiger charge is 2.27. The molecule has 1 N–H and O–H groups in total. The van der Waals surface area contributed by atoms with Gasteiger partial charge in [-0.2, -0.15) is 11.8 Å². The van der Waals surface area contributed by atoms with Crippen LogP contribution < -0.4 is 14.4 Å². The van der Waals surface area contributed by atoms with Crippen LogP contribution in [0.15, 0.2) is 77.7 Å². The molecule has 0 saturated heterocycles. The maximum absolute atomic E-state index is 13.4. The van der Waals surface area contributed by atoms with Crippen LogP contribution in [0, 0.1) is 13.8 Å². The van der Waals surface area contributed by atoms with Crippen molar-refractivity contribution in [3.8, 4) is 5.75 Å². The van der Waals surface area contributed by atoms with Crippen LogP contribution in [-0.2, 0) is 20.6 Å². The molecule has 0 aliphatic rings. The summed E-state index contributed by atoms with van der Waals surface area (Å²) in [5.74, 6) is 2.05. The molecule has 0 fully saturated rings. The molecule has 0 aliphatic heterocycles. The minimum atomic E-state index is -3.95. The number of aryl methyl sites for hydroxylation is 2. The number of anilines is 1. The van der Waals surface area contributed by atoms with E-state index < -0.39 is 10.0 Å². The van der Waals surface area contributed by atoms with Crippen LogP contribution in [0.4, 0.5) is 5.69 Å². The van der Waals surface area contributed by atoms with Gasteiger partial charge in [-0.1, -0.05) is 42.0 Å². The number of carbonyl (C=O) groups excluding carboxylic acids is 1. The fourth-order valence-electron chi connectivity index (χ4n) is 3.44. The zero-order valence-electron chi connectivity index (χ0n) is 20.4. The van der Waals surface area contributed by atoms with Crippen molar-refractivity contribution < 1.29 is 17.9 Å². The number of nitrogens with zero attached hydrogens (tertiary/aromatic N) is 1. The second-order valence-corrected chi connectivity index (χ2v) is 11.2. The Hall–Kier alpha value is -2.97. The summed E-state index contributed by atoms with van der Waals surface area (Å²) in [6.07, 6.45) is 0.804. The van der Waals surface area contributed by atoms with Gasteiger partial charge in [0.2, 0.25) is 5.91 Å². The molecule has 3 aromatic rings. The van der Waals surface area contributed by atoms with Crippen molar-refractivity contribution in [2.75, 3.05) is 30.3 Å². The molecule has 35 heavy (non-hydrogen) atoms. The molecule has 1 amide bonds. The van der Waals surface area contributed by atoms with Crippen molar-refractivity contribution in [1.82, 2.24) is 5.32 Å². The number of benzene rings is 3. The third kappa shape index (κ3) is 7.50. The summed E-state index contributed by atoms with van der Waals surface area (Å²) < 4.78 is 33.1. The van der Waals surface area contributed by atoms with Crippen LogP contribution in [0.25, 0.3) is 0 Å². The van der Waals surface area contributed by atoms with Gasteiger partial charge in [-0.15, -0.1) is 0 Å². The number of carbonyl (C=O) groups is 1. The molecule has 3 aromatic carbocycles. The molecule has 0 atom stereocenters. The maximum atomic E-state index is 13.4. The Labute approximate surface area is 212 Å².